The lowest BCUT2D eigenvalue weighted by atomic mass is 9.46. The molecule has 144 valence electrons. The van der Waals surface area contributed by atoms with Crippen molar-refractivity contribution in [3.63, 3.8) is 0 Å². The van der Waals surface area contributed by atoms with Gasteiger partial charge in [-0.05, 0) is 104 Å². The van der Waals surface area contributed by atoms with Crippen molar-refractivity contribution >= 4 is 5.78 Å². The van der Waals surface area contributed by atoms with Gasteiger partial charge < -0.3 is 5.11 Å². The summed E-state index contributed by atoms with van der Waals surface area (Å²) in [5.74, 6) is 3.15. The summed E-state index contributed by atoms with van der Waals surface area (Å²) in [6.07, 6.45) is 14.2. The average Bonchev–Trinajstić information content (AvgIpc) is 3.06. The van der Waals surface area contributed by atoms with Crippen LogP contribution in [0.15, 0.2) is 35.9 Å². The van der Waals surface area contributed by atoms with Crippen LogP contribution in [-0.2, 0) is 11.2 Å². The molecule has 0 radical (unpaired) electrons. The molecule has 0 amide bonds. The highest BCUT2D eigenvalue weighted by molar-refractivity contribution is 5.91. The van der Waals surface area contributed by atoms with E-state index in [1.807, 2.05) is 18.2 Å². The van der Waals surface area contributed by atoms with Gasteiger partial charge in [0.25, 0.3) is 0 Å². The molecule has 2 nitrogen and oxygen atoms in total. The second kappa shape index (κ2) is 6.22. The number of phenolic OH excluding ortho intramolecular Hbond substituents is 1. The van der Waals surface area contributed by atoms with Gasteiger partial charge in [-0.15, -0.1) is 0 Å². The number of ketones is 1. The van der Waals surface area contributed by atoms with E-state index in [2.05, 4.69) is 19.1 Å². The molecule has 0 saturated heterocycles. The Morgan fingerprint density at radius 1 is 1.00 bits per heavy atom. The molecule has 0 spiro atoms. The second-order valence-electron chi connectivity index (χ2n) is 10.1. The van der Waals surface area contributed by atoms with E-state index >= 15 is 0 Å². The quantitative estimate of drug-likeness (QED) is 0.716. The standard InChI is InChI=1S/C25H32O2/c1-24-12-2-3-22(24)21-9-6-18-15-20(27)10-14-25(18,23(21)11-13-24)16-17-4-7-19(26)8-5-17/h4-5,7-8,15,21-23,26H,2-3,6,9-14,16H2,1H3/t21-,22-,23+,24-,25+/m0/s1. The van der Waals surface area contributed by atoms with Gasteiger partial charge >= 0.3 is 0 Å². The van der Waals surface area contributed by atoms with Crippen molar-refractivity contribution in [1.82, 2.24) is 0 Å². The molecule has 0 bridgehead atoms. The van der Waals surface area contributed by atoms with Crippen molar-refractivity contribution in [3.8, 4) is 5.75 Å². The first kappa shape index (κ1) is 17.5. The van der Waals surface area contributed by atoms with E-state index < -0.39 is 0 Å². The Morgan fingerprint density at radius 3 is 2.63 bits per heavy atom. The third-order valence-corrected chi connectivity index (χ3v) is 8.92. The van der Waals surface area contributed by atoms with Gasteiger partial charge in [-0.3, -0.25) is 4.79 Å². The largest absolute Gasteiger partial charge is 0.508 e. The first-order chi connectivity index (χ1) is 13.0. The maximum absolute atomic E-state index is 12.2. The number of hydrogen-bond acceptors (Lipinski definition) is 2. The molecule has 0 aliphatic heterocycles. The molecule has 3 fully saturated rings. The number of allylic oxidation sites excluding steroid dienone is 1. The molecular formula is C25H32O2. The zero-order valence-corrected chi connectivity index (χ0v) is 16.5. The Hall–Kier alpha value is -1.57. The minimum atomic E-state index is 0.178. The second-order valence-corrected chi connectivity index (χ2v) is 10.1. The van der Waals surface area contributed by atoms with Gasteiger partial charge in [0.05, 0.1) is 0 Å². The van der Waals surface area contributed by atoms with Crippen LogP contribution >= 0.6 is 0 Å². The summed E-state index contributed by atoms with van der Waals surface area (Å²) < 4.78 is 0. The maximum Gasteiger partial charge on any atom is 0.155 e. The molecule has 1 aromatic carbocycles. The van der Waals surface area contributed by atoms with Crippen LogP contribution in [0.25, 0.3) is 0 Å². The van der Waals surface area contributed by atoms with Gasteiger partial charge in [-0.2, -0.15) is 0 Å². The number of carbonyl (C=O) groups is 1. The van der Waals surface area contributed by atoms with Crippen LogP contribution in [0.1, 0.15) is 70.3 Å². The van der Waals surface area contributed by atoms with Gasteiger partial charge in [0.15, 0.2) is 5.78 Å². The van der Waals surface area contributed by atoms with Gasteiger partial charge in [0, 0.05) is 6.42 Å². The number of phenols is 1. The summed E-state index contributed by atoms with van der Waals surface area (Å²) in [6, 6.07) is 7.81. The van der Waals surface area contributed by atoms with E-state index in [1.54, 1.807) is 0 Å². The van der Waals surface area contributed by atoms with Crippen LogP contribution in [0, 0.1) is 28.6 Å². The lowest BCUT2D eigenvalue weighted by Crippen LogP contribution is -2.51. The van der Waals surface area contributed by atoms with Gasteiger partial charge in [-0.1, -0.05) is 31.1 Å². The van der Waals surface area contributed by atoms with Crippen LogP contribution in [0.4, 0.5) is 0 Å². The van der Waals surface area contributed by atoms with Crippen LogP contribution in [0.3, 0.4) is 0 Å². The van der Waals surface area contributed by atoms with Crippen molar-refractivity contribution in [2.45, 2.75) is 71.1 Å². The lowest BCUT2D eigenvalue weighted by molar-refractivity contribution is -0.117. The smallest absolute Gasteiger partial charge is 0.155 e. The fourth-order valence-corrected chi connectivity index (χ4v) is 7.66. The third-order valence-electron chi connectivity index (χ3n) is 8.92. The van der Waals surface area contributed by atoms with Crippen LogP contribution in [0.5, 0.6) is 5.75 Å². The van der Waals surface area contributed by atoms with Crippen LogP contribution in [-0.4, -0.2) is 10.9 Å². The van der Waals surface area contributed by atoms with Gasteiger partial charge in [0.1, 0.15) is 5.75 Å². The van der Waals surface area contributed by atoms with E-state index in [-0.39, 0.29) is 5.41 Å². The van der Waals surface area contributed by atoms with E-state index in [4.69, 9.17) is 0 Å². The zero-order valence-electron chi connectivity index (χ0n) is 16.5. The van der Waals surface area contributed by atoms with E-state index in [1.165, 1.54) is 49.7 Å². The highest BCUT2D eigenvalue weighted by atomic mass is 16.3. The van der Waals surface area contributed by atoms with E-state index in [9.17, 15) is 9.90 Å². The third kappa shape index (κ3) is 2.70. The number of fused-ring (bicyclic) bond motifs is 5. The Balaban J connectivity index is 1.54. The van der Waals surface area contributed by atoms with Crippen LogP contribution < -0.4 is 0 Å². The summed E-state index contributed by atoms with van der Waals surface area (Å²) in [5.41, 5.74) is 3.52. The summed E-state index contributed by atoms with van der Waals surface area (Å²) in [7, 11) is 0. The fraction of sp³-hybridized carbons (Fsp3) is 0.640. The number of hydrogen-bond donors (Lipinski definition) is 1. The minimum absolute atomic E-state index is 0.178. The van der Waals surface area contributed by atoms with Crippen LogP contribution in [0.2, 0.25) is 0 Å². The maximum atomic E-state index is 12.2. The predicted octanol–water partition coefficient (Wildman–Crippen LogP) is 5.84. The average molecular weight is 365 g/mol. The summed E-state index contributed by atoms with van der Waals surface area (Å²) >= 11 is 0. The zero-order chi connectivity index (χ0) is 18.6. The van der Waals surface area contributed by atoms with Crippen molar-refractivity contribution in [2.24, 2.45) is 28.6 Å². The molecule has 1 N–H and O–H groups in total. The van der Waals surface area contributed by atoms with Crippen molar-refractivity contribution < 1.29 is 9.90 Å². The summed E-state index contributed by atoms with van der Waals surface area (Å²) in [4.78, 5) is 12.2. The molecule has 0 aromatic heterocycles. The minimum Gasteiger partial charge on any atom is -0.508 e. The molecule has 1 aromatic rings. The van der Waals surface area contributed by atoms with Gasteiger partial charge in [0.2, 0.25) is 0 Å². The Morgan fingerprint density at radius 2 is 1.81 bits per heavy atom. The number of aromatic hydroxyl groups is 1. The Bertz CT molecular complexity index is 776. The normalized spacial score (nSPS) is 40.7. The number of rotatable bonds is 2. The first-order valence-corrected chi connectivity index (χ1v) is 11.0. The molecule has 0 heterocycles. The predicted molar refractivity (Wildman–Crippen MR) is 107 cm³/mol. The molecule has 3 saturated carbocycles. The number of benzene rings is 1. The molecule has 27 heavy (non-hydrogen) atoms. The molecule has 2 heteroatoms. The van der Waals surface area contributed by atoms with E-state index in [0.29, 0.717) is 23.4 Å². The van der Waals surface area contributed by atoms with Crippen molar-refractivity contribution in [1.29, 1.82) is 0 Å². The molecule has 5 atom stereocenters. The summed E-state index contributed by atoms with van der Waals surface area (Å²) in [5, 5.41) is 9.69. The topological polar surface area (TPSA) is 37.3 Å². The molecule has 4 aliphatic rings. The SMILES string of the molecule is C[C@@]12CCC[C@H]1[C@@H]1CCC3=CC(=O)CC[C@]3(Cc3ccc(O)cc3)[C@@H]1CC2. The summed E-state index contributed by atoms with van der Waals surface area (Å²) in [6.45, 7) is 2.56. The molecule has 0 unspecified atom stereocenters. The fourth-order valence-electron chi connectivity index (χ4n) is 7.66. The van der Waals surface area contributed by atoms with Crippen molar-refractivity contribution in [3.05, 3.63) is 41.5 Å². The highest BCUT2D eigenvalue weighted by Crippen LogP contribution is 2.66. The Labute approximate surface area is 163 Å². The lowest BCUT2D eigenvalue weighted by Gasteiger charge is -2.58. The molecular weight excluding hydrogens is 332 g/mol. The monoisotopic (exact) mass is 364 g/mol. The van der Waals surface area contributed by atoms with Gasteiger partial charge in [-0.25, -0.2) is 0 Å². The Kier molecular flexibility index (Phi) is 4.04. The van der Waals surface area contributed by atoms with E-state index in [0.717, 1.165) is 37.0 Å². The highest BCUT2D eigenvalue weighted by Gasteiger charge is 2.57. The van der Waals surface area contributed by atoms with Crippen molar-refractivity contribution in [2.75, 3.05) is 0 Å². The molecule has 4 aliphatic carbocycles. The number of carbonyl (C=O) groups excluding carboxylic acids is 1. The first-order valence-electron chi connectivity index (χ1n) is 11.0. The molecule has 5 rings (SSSR count).